The van der Waals surface area contributed by atoms with Gasteiger partial charge >= 0.3 is 0 Å². The minimum atomic E-state index is -0.738. The first-order valence-electron chi connectivity index (χ1n) is 4.13. The first-order valence-corrected chi connectivity index (χ1v) is 4.13. The molecule has 0 fully saturated rings. The number of aliphatic hydroxyl groups is 2. The third kappa shape index (κ3) is 12.1. The lowest BCUT2D eigenvalue weighted by atomic mass is 10.4. The van der Waals surface area contributed by atoms with E-state index in [1.807, 2.05) is 0 Å². The van der Waals surface area contributed by atoms with E-state index in [1.165, 1.54) is 0 Å². The molecule has 1 atom stereocenters. The molecular formula is C8H20ClNO3. The molecule has 0 aliphatic rings. The Morgan fingerprint density at radius 2 is 1.85 bits per heavy atom. The van der Waals surface area contributed by atoms with Crippen molar-refractivity contribution in [3.63, 3.8) is 0 Å². The molecule has 1 unspecified atom stereocenters. The molecule has 2 N–H and O–H groups in total. The van der Waals surface area contributed by atoms with Crippen molar-refractivity contribution in [3.05, 3.63) is 0 Å². The van der Waals surface area contributed by atoms with Gasteiger partial charge in [0, 0.05) is 0 Å². The van der Waals surface area contributed by atoms with Gasteiger partial charge in [-0.1, -0.05) is 0 Å². The monoisotopic (exact) mass is 213 g/mol. The Morgan fingerprint density at radius 3 is 2.23 bits per heavy atom. The lowest BCUT2D eigenvalue weighted by molar-refractivity contribution is -0.870. The van der Waals surface area contributed by atoms with E-state index in [1.54, 1.807) is 0 Å². The van der Waals surface area contributed by atoms with Gasteiger partial charge in [-0.15, -0.1) is 0 Å². The molecule has 0 rings (SSSR count). The molecule has 5 heteroatoms. The third-order valence-electron chi connectivity index (χ3n) is 1.43. The van der Waals surface area contributed by atoms with Gasteiger partial charge in [0.15, 0.2) is 0 Å². The van der Waals surface area contributed by atoms with Crippen LogP contribution in [0.1, 0.15) is 0 Å². The summed E-state index contributed by atoms with van der Waals surface area (Å²) in [5.41, 5.74) is 0. The smallest absolute Gasteiger partial charge is 0.102 e. The minimum absolute atomic E-state index is 0. The maximum absolute atomic E-state index is 8.91. The highest BCUT2D eigenvalue weighted by atomic mass is 35.5. The van der Waals surface area contributed by atoms with Crippen LogP contribution in [0.2, 0.25) is 0 Å². The Morgan fingerprint density at radius 1 is 1.31 bits per heavy atom. The second-order valence-electron chi connectivity index (χ2n) is 3.93. The molecule has 0 amide bonds. The average molecular weight is 214 g/mol. The molecule has 0 aromatic rings. The van der Waals surface area contributed by atoms with Gasteiger partial charge in [-0.25, -0.2) is 0 Å². The summed E-state index contributed by atoms with van der Waals surface area (Å²) in [5.74, 6) is 0. The zero-order valence-corrected chi connectivity index (χ0v) is 9.29. The summed E-state index contributed by atoms with van der Waals surface area (Å²) < 4.78 is 5.98. The van der Waals surface area contributed by atoms with E-state index in [-0.39, 0.29) is 25.6 Å². The average Bonchev–Trinajstić information content (AvgIpc) is 1.96. The molecular weight excluding hydrogens is 194 g/mol. The molecule has 0 saturated heterocycles. The minimum Gasteiger partial charge on any atom is -1.00 e. The Balaban J connectivity index is 0. The van der Waals surface area contributed by atoms with E-state index in [4.69, 9.17) is 14.9 Å². The number of rotatable bonds is 6. The summed E-state index contributed by atoms with van der Waals surface area (Å²) in [6.45, 7) is 1.50. The first kappa shape index (κ1) is 15.6. The standard InChI is InChI=1S/C8H20NO3.ClH/c1-9(2,3)4-5-12-7-8(11)6-10;/h8,10-11H,4-7H2,1-3H3;1H/q+1;/p-1. The van der Waals surface area contributed by atoms with Crippen LogP contribution in [-0.4, -0.2) is 68.3 Å². The summed E-state index contributed by atoms with van der Waals surface area (Å²) in [6.07, 6.45) is -0.738. The van der Waals surface area contributed by atoms with Crippen LogP contribution in [-0.2, 0) is 4.74 Å². The zero-order valence-electron chi connectivity index (χ0n) is 8.53. The van der Waals surface area contributed by atoms with Crippen molar-refractivity contribution in [2.24, 2.45) is 0 Å². The van der Waals surface area contributed by atoms with Gasteiger partial charge in [0.25, 0.3) is 0 Å². The first-order chi connectivity index (χ1) is 5.45. The largest absolute Gasteiger partial charge is 1.00 e. The second kappa shape index (κ2) is 7.53. The third-order valence-corrected chi connectivity index (χ3v) is 1.43. The summed E-state index contributed by atoms with van der Waals surface area (Å²) in [6, 6.07) is 0. The molecule has 0 bridgehead atoms. The molecule has 13 heavy (non-hydrogen) atoms. The Labute approximate surface area is 86.1 Å². The summed E-state index contributed by atoms with van der Waals surface area (Å²) in [5, 5.41) is 17.4. The number of likely N-dealkylation sites (N-methyl/N-ethyl adjacent to an activating group) is 1. The molecule has 0 heterocycles. The Kier molecular flexibility index (Phi) is 9.03. The predicted molar refractivity (Wildman–Crippen MR) is 46.8 cm³/mol. The number of quaternary nitrogens is 1. The number of hydrogen-bond donors (Lipinski definition) is 2. The number of nitrogens with zero attached hydrogens (tertiary/aromatic N) is 1. The molecule has 0 saturated carbocycles. The molecule has 0 radical (unpaired) electrons. The molecule has 4 nitrogen and oxygen atoms in total. The molecule has 0 aromatic carbocycles. The van der Waals surface area contributed by atoms with Gasteiger partial charge < -0.3 is 31.8 Å². The van der Waals surface area contributed by atoms with E-state index < -0.39 is 6.10 Å². The van der Waals surface area contributed by atoms with Crippen LogP contribution in [0.15, 0.2) is 0 Å². The van der Waals surface area contributed by atoms with Crippen molar-refractivity contribution >= 4 is 0 Å². The zero-order chi connectivity index (χ0) is 9.61. The van der Waals surface area contributed by atoms with Crippen molar-refractivity contribution < 1.29 is 31.8 Å². The van der Waals surface area contributed by atoms with Gasteiger partial charge in [0.05, 0.1) is 41.0 Å². The molecule has 0 aromatic heterocycles. The van der Waals surface area contributed by atoms with Crippen molar-refractivity contribution in [2.75, 3.05) is 47.5 Å². The van der Waals surface area contributed by atoms with Gasteiger partial charge in [-0.3, -0.25) is 0 Å². The van der Waals surface area contributed by atoms with Crippen LogP contribution in [0, 0.1) is 0 Å². The van der Waals surface area contributed by atoms with Crippen LogP contribution in [0.3, 0.4) is 0 Å². The van der Waals surface area contributed by atoms with Crippen LogP contribution in [0.5, 0.6) is 0 Å². The summed E-state index contributed by atoms with van der Waals surface area (Å²) in [4.78, 5) is 0. The molecule has 0 spiro atoms. The maximum atomic E-state index is 8.91. The Hall–Kier alpha value is 0.130. The second-order valence-corrected chi connectivity index (χ2v) is 3.93. The van der Waals surface area contributed by atoms with Crippen LogP contribution < -0.4 is 12.4 Å². The fourth-order valence-corrected chi connectivity index (χ4v) is 0.610. The maximum Gasteiger partial charge on any atom is 0.102 e. The number of aliphatic hydroxyl groups excluding tert-OH is 2. The Bertz CT molecular complexity index is 116. The van der Waals surface area contributed by atoms with Gasteiger partial charge in [0.1, 0.15) is 12.6 Å². The van der Waals surface area contributed by atoms with E-state index in [2.05, 4.69) is 21.1 Å². The normalized spacial score (nSPS) is 13.6. The fourth-order valence-electron chi connectivity index (χ4n) is 0.610. The summed E-state index contributed by atoms with van der Waals surface area (Å²) in [7, 11) is 6.23. The van der Waals surface area contributed by atoms with Gasteiger partial charge in [-0.05, 0) is 0 Å². The molecule has 82 valence electrons. The SMILES string of the molecule is C[N+](C)(C)CCOCC(O)CO.[Cl-]. The van der Waals surface area contributed by atoms with E-state index in [0.29, 0.717) is 6.61 Å². The van der Waals surface area contributed by atoms with Crippen molar-refractivity contribution in [1.29, 1.82) is 0 Å². The van der Waals surface area contributed by atoms with Gasteiger partial charge in [0.2, 0.25) is 0 Å². The van der Waals surface area contributed by atoms with E-state index in [0.717, 1.165) is 11.0 Å². The van der Waals surface area contributed by atoms with Crippen LogP contribution in [0.25, 0.3) is 0 Å². The topological polar surface area (TPSA) is 49.7 Å². The van der Waals surface area contributed by atoms with E-state index in [9.17, 15) is 0 Å². The van der Waals surface area contributed by atoms with Crippen molar-refractivity contribution in [2.45, 2.75) is 6.10 Å². The number of halogens is 1. The fraction of sp³-hybridized carbons (Fsp3) is 1.00. The predicted octanol–water partition coefficient (Wildman–Crippen LogP) is -3.93. The summed E-state index contributed by atoms with van der Waals surface area (Å²) >= 11 is 0. The van der Waals surface area contributed by atoms with E-state index >= 15 is 0 Å². The molecule has 0 aliphatic carbocycles. The highest BCUT2D eigenvalue weighted by molar-refractivity contribution is 4.48. The number of ether oxygens (including phenoxy) is 1. The van der Waals surface area contributed by atoms with Crippen LogP contribution >= 0.6 is 0 Å². The van der Waals surface area contributed by atoms with Crippen LogP contribution in [0.4, 0.5) is 0 Å². The highest BCUT2D eigenvalue weighted by Crippen LogP contribution is 1.90. The number of hydrogen-bond acceptors (Lipinski definition) is 3. The van der Waals surface area contributed by atoms with Crippen molar-refractivity contribution in [3.8, 4) is 0 Å². The van der Waals surface area contributed by atoms with Crippen molar-refractivity contribution in [1.82, 2.24) is 0 Å². The molecule has 0 aliphatic heterocycles. The quantitative estimate of drug-likeness (QED) is 0.350. The highest BCUT2D eigenvalue weighted by Gasteiger charge is 2.07. The lowest BCUT2D eigenvalue weighted by Crippen LogP contribution is -3.00. The van der Waals surface area contributed by atoms with Gasteiger partial charge in [-0.2, -0.15) is 0 Å². The lowest BCUT2D eigenvalue weighted by Gasteiger charge is -2.23.